The van der Waals surface area contributed by atoms with E-state index in [1.165, 1.54) is 18.2 Å². The fraction of sp³-hybridized carbons (Fsp3) is 0.211. The lowest BCUT2D eigenvalue weighted by atomic mass is 10.3. The quantitative estimate of drug-likeness (QED) is 0.328. The second kappa shape index (κ2) is 10.7. The lowest BCUT2D eigenvalue weighted by molar-refractivity contribution is -0.138. The van der Waals surface area contributed by atoms with Gasteiger partial charge < -0.3 is 9.84 Å². The van der Waals surface area contributed by atoms with Crippen LogP contribution in [0, 0.1) is 0 Å². The van der Waals surface area contributed by atoms with Crippen molar-refractivity contribution in [1.29, 1.82) is 0 Å². The Bertz CT molecular complexity index is 646. The Balaban J connectivity index is 1.91. The highest BCUT2D eigenvalue weighted by molar-refractivity contribution is 5.82. The van der Waals surface area contributed by atoms with Gasteiger partial charge in [-0.05, 0) is 30.3 Å². The molecule has 0 aliphatic heterocycles. The van der Waals surface area contributed by atoms with Gasteiger partial charge >= 0.3 is 5.97 Å². The van der Waals surface area contributed by atoms with E-state index in [-0.39, 0.29) is 6.61 Å². The number of aliphatic hydroxyl groups is 1. The van der Waals surface area contributed by atoms with Crippen molar-refractivity contribution in [3.8, 4) is 0 Å². The summed E-state index contributed by atoms with van der Waals surface area (Å²) in [6, 6.07) is 11.6. The number of esters is 1. The van der Waals surface area contributed by atoms with E-state index in [0.717, 1.165) is 17.6 Å². The zero-order valence-corrected chi connectivity index (χ0v) is 13.9. The molecule has 130 valence electrons. The van der Waals surface area contributed by atoms with Gasteiger partial charge in [-0.2, -0.15) is 0 Å². The first-order valence-corrected chi connectivity index (χ1v) is 7.94. The van der Waals surface area contributed by atoms with Crippen LogP contribution in [0.15, 0.2) is 73.3 Å². The van der Waals surface area contributed by atoms with E-state index < -0.39 is 5.97 Å². The van der Waals surface area contributed by atoms with Crippen LogP contribution in [0.4, 0.5) is 0 Å². The molecular formula is C19H21N3O3. The first-order chi connectivity index (χ1) is 12.3. The van der Waals surface area contributed by atoms with Crippen molar-refractivity contribution >= 4 is 5.97 Å². The van der Waals surface area contributed by atoms with Crippen molar-refractivity contribution in [3.05, 3.63) is 84.7 Å². The van der Waals surface area contributed by atoms with Gasteiger partial charge in [-0.25, -0.2) is 4.79 Å². The third kappa shape index (κ3) is 7.41. The Morgan fingerprint density at radius 3 is 2.20 bits per heavy atom. The Morgan fingerprint density at radius 1 is 1.04 bits per heavy atom. The van der Waals surface area contributed by atoms with Crippen molar-refractivity contribution in [2.45, 2.75) is 13.1 Å². The summed E-state index contributed by atoms with van der Waals surface area (Å²) in [5.41, 5.74) is 1.88. The summed E-state index contributed by atoms with van der Waals surface area (Å²) in [5, 5.41) is 8.51. The average molecular weight is 339 g/mol. The summed E-state index contributed by atoms with van der Waals surface area (Å²) in [7, 11) is 0. The fourth-order valence-electron chi connectivity index (χ4n) is 2.16. The Morgan fingerprint density at radius 2 is 1.68 bits per heavy atom. The normalized spacial score (nSPS) is 11.4. The van der Waals surface area contributed by atoms with Crippen LogP contribution in [0.3, 0.4) is 0 Å². The minimum atomic E-state index is -0.450. The summed E-state index contributed by atoms with van der Waals surface area (Å²) in [5.74, 6) is -0.450. The zero-order chi connectivity index (χ0) is 17.7. The summed E-state index contributed by atoms with van der Waals surface area (Å²) in [6.45, 7) is 2.09. The van der Waals surface area contributed by atoms with Crippen LogP contribution in [0.1, 0.15) is 11.4 Å². The molecule has 1 N–H and O–H groups in total. The molecule has 2 heterocycles. The molecule has 0 saturated carbocycles. The molecule has 0 aliphatic rings. The number of aromatic nitrogens is 2. The molecule has 0 saturated heterocycles. The highest BCUT2D eigenvalue weighted by Gasteiger charge is 2.09. The molecule has 6 heteroatoms. The van der Waals surface area contributed by atoms with Gasteiger partial charge in [-0.1, -0.05) is 18.2 Å². The average Bonchev–Trinajstić information content (AvgIpc) is 2.63. The summed E-state index contributed by atoms with van der Waals surface area (Å²) >= 11 is 0. The minimum absolute atomic E-state index is 0.256. The molecule has 25 heavy (non-hydrogen) atoms. The highest BCUT2D eigenvalue weighted by Crippen LogP contribution is 2.06. The van der Waals surface area contributed by atoms with Gasteiger partial charge in [-0.15, -0.1) is 0 Å². The van der Waals surface area contributed by atoms with Gasteiger partial charge in [0.1, 0.15) is 6.61 Å². The predicted molar refractivity (Wildman–Crippen MR) is 94.5 cm³/mol. The number of rotatable bonds is 9. The number of ether oxygens (including phenoxy) is 1. The van der Waals surface area contributed by atoms with Crippen LogP contribution < -0.4 is 0 Å². The van der Waals surface area contributed by atoms with Crippen molar-refractivity contribution in [2.24, 2.45) is 0 Å². The fourth-order valence-corrected chi connectivity index (χ4v) is 2.16. The van der Waals surface area contributed by atoms with Crippen LogP contribution in [0.2, 0.25) is 0 Å². The van der Waals surface area contributed by atoms with E-state index in [1.807, 2.05) is 36.4 Å². The number of hydrogen-bond donors (Lipinski definition) is 1. The smallest absolute Gasteiger partial charge is 0.330 e. The number of allylic oxidation sites excluding steroid dienone is 2. The van der Waals surface area contributed by atoms with E-state index in [0.29, 0.717) is 19.6 Å². The maximum Gasteiger partial charge on any atom is 0.330 e. The van der Waals surface area contributed by atoms with Crippen LogP contribution in [0.25, 0.3) is 0 Å². The Labute approximate surface area is 147 Å². The monoisotopic (exact) mass is 339 g/mol. The molecule has 0 radical (unpaired) electrons. The standard InChI is InChI=1S/C19H21N3O3/c23-13-6-3-9-19(24)25-14-12-22(15-17-7-1-4-10-20-17)16-18-8-2-5-11-21-18/h1-11,13,23H,12,14-16H2/b9-3+,13-6-. The molecule has 2 rings (SSSR count). The minimum Gasteiger partial charge on any atom is -0.516 e. The van der Waals surface area contributed by atoms with Crippen LogP contribution >= 0.6 is 0 Å². The van der Waals surface area contributed by atoms with E-state index in [9.17, 15) is 4.79 Å². The van der Waals surface area contributed by atoms with Gasteiger partial charge in [0, 0.05) is 38.1 Å². The second-order valence-electron chi connectivity index (χ2n) is 5.22. The maximum absolute atomic E-state index is 11.5. The van der Waals surface area contributed by atoms with Crippen molar-refractivity contribution in [3.63, 3.8) is 0 Å². The summed E-state index contributed by atoms with van der Waals surface area (Å²) in [4.78, 5) is 22.4. The Hall–Kier alpha value is -2.99. The highest BCUT2D eigenvalue weighted by atomic mass is 16.5. The molecule has 0 spiro atoms. The van der Waals surface area contributed by atoms with Gasteiger partial charge in [-0.3, -0.25) is 14.9 Å². The molecule has 0 amide bonds. The summed E-state index contributed by atoms with van der Waals surface area (Å²) < 4.78 is 5.17. The van der Waals surface area contributed by atoms with Gasteiger partial charge in [0.25, 0.3) is 0 Å². The number of pyridine rings is 2. The molecule has 2 aromatic heterocycles. The number of nitrogens with zero attached hydrogens (tertiary/aromatic N) is 3. The van der Waals surface area contributed by atoms with Crippen molar-refractivity contribution < 1.29 is 14.6 Å². The molecule has 6 nitrogen and oxygen atoms in total. The van der Waals surface area contributed by atoms with Crippen LogP contribution in [0.5, 0.6) is 0 Å². The van der Waals surface area contributed by atoms with E-state index in [4.69, 9.17) is 9.84 Å². The lowest BCUT2D eigenvalue weighted by Gasteiger charge is -2.21. The summed E-state index contributed by atoms with van der Waals surface area (Å²) in [6.07, 6.45) is 8.39. The lowest BCUT2D eigenvalue weighted by Crippen LogP contribution is -2.28. The number of aliphatic hydroxyl groups excluding tert-OH is 1. The van der Waals surface area contributed by atoms with Crippen molar-refractivity contribution in [1.82, 2.24) is 14.9 Å². The number of carbonyl (C=O) groups is 1. The molecule has 2 aromatic rings. The van der Waals surface area contributed by atoms with Crippen molar-refractivity contribution in [2.75, 3.05) is 13.2 Å². The molecule has 0 atom stereocenters. The molecule has 0 fully saturated rings. The largest absolute Gasteiger partial charge is 0.516 e. The van der Waals surface area contributed by atoms with Crippen LogP contribution in [-0.4, -0.2) is 39.1 Å². The van der Waals surface area contributed by atoms with E-state index in [2.05, 4.69) is 14.9 Å². The molecule has 0 bridgehead atoms. The third-order valence-corrected chi connectivity index (χ3v) is 3.30. The van der Waals surface area contributed by atoms with Gasteiger partial charge in [0.05, 0.1) is 17.6 Å². The Kier molecular flexibility index (Phi) is 7.87. The van der Waals surface area contributed by atoms with E-state index >= 15 is 0 Å². The molecule has 0 aromatic carbocycles. The second-order valence-corrected chi connectivity index (χ2v) is 5.22. The number of carbonyl (C=O) groups excluding carboxylic acids is 1. The topological polar surface area (TPSA) is 75.6 Å². The third-order valence-electron chi connectivity index (χ3n) is 3.30. The van der Waals surface area contributed by atoms with E-state index in [1.54, 1.807) is 12.4 Å². The number of hydrogen-bond acceptors (Lipinski definition) is 6. The zero-order valence-electron chi connectivity index (χ0n) is 13.9. The molecule has 0 unspecified atom stereocenters. The first kappa shape index (κ1) is 18.4. The molecular weight excluding hydrogens is 318 g/mol. The molecule has 0 aliphatic carbocycles. The SMILES string of the molecule is O=C(/C=C/C=C\O)OCCN(Cc1ccccn1)Cc1ccccn1. The first-order valence-electron chi connectivity index (χ1n) is 7.94. The van der Waals surface area contributed by atoms with Gasteiger partial charge in [0.2, 0.25) is 0 Å². The van der Waals surface area contributed by atoms with Gasteiger partial charge in [0.15, 0.2) is 0 Å². The van der Waals surface area contributed by atoms with Crippen LogP contribution in [-0.2, 0) is 22.6 Å². The predicted octanol–water partition coefficient (Wildman–Crippen LogP) is 2.65. The maximum atomic E-state index is 11.5.